The van der Waals surface area contributed by atoms with Crippen molar-refractivity contribution in [2.45, 2.75) is 25.1 Å². The van der Waals surface area contributed by atoms with E-state index in [-0.39, 0.29) is 11.7 Å². The second-order valence-corrected chi connectivity index (χ2v) is 5.53. The number of ether oxygens (including phenoxy) is 1. The van der Waals surface area contributed by atoms with Gasteiger partial charge in [0, 0.05) is 31.3 Å². The Morgan fingerprint density at radius 1 is 1.29 bits per heavy atom. The van der Waals surface area contributed by atoms with Crippen LogP contribution in [-0.4, -0.2) is 25.8 Å². The van der Waals surface area contributed by atoms with Crippen molar-refractivity contribution in [1.29, 1.82) is 5.26 Å². The summed E-state index contributed by atoms with van der Waals surface area (Å²) >= 11 is 0. The Hall–Kier alpha value is -1.74. The molecule has 3 nitrogen and oxygen atoms in total. The van der Waals surface area contributed by atoms with Gasteiger partial charge >= 0.3 is 6.18 Å². The summed E-state index contributed by atoms with van der Waals surface area (Å²) in [6.45, 7) is 2.14. The van der Waals surface area contributed by atoms with Crippen LogP contribution in [0.2, 0.25) is 0 Å². The molecule has 2 aliphatic rings. The number of hydrogen-bond acceptors (Lipinski definition) is 3. The molecule has 2 heterocycles. The number of alkyl halides is 3. The largest absolute Gasteiger partial charge is 0.417 e. The molecule has 0 unspecified atom stereocenters. The molecule has 2 saturated heterocycles. The van der Waals surface area contributed by atoms with E-state index in [1.807, 2.05) is 4.90 Å². The predicted molar refractivity (Wildman–Crippen MR) is 70.8 cm³/mol. The van der Waals surface area contributed by atoms with E-state index in [0.29, 0.717) is 24.7 Å². The molecule has 0 N–H and O–H groups in total. The van der Waals surface area contributed by atoms with E-state index in [1.165, 1.54) is 6.07 Å². The van der Waals surface area contributed by atoms with Crippen molar-refractivity contribution in [2.75, 3.05) is 24.6 Å². The summed E-state index contributed by atoms with van der Waals surface area (Å²) < 4.78 is 44.6. The highest BCUT2D eigenvalue weighted by Crippen LogP contribution is 2.36. The van der Waals surface area contributed by atoms with E-state index >= 15 is 0 Å². The molecular weight excluding hydrogens is 281 g/mol. The molecule has 1 aromatic rings. The Morgan fingerprint density at radius 2 is 2.10 bits per heavy atom. The van der Waals surface area contributed by atoms with E-state index < -0.39 is 11.7 Å². The van der Waals surface area contributed by atoms with Crippen LogP contribution in [0.3, 0.4) is 0 Å². The maximum absolute atomic E-state index is 13.0. The molecular formula is C15H15F3N2O. The third-order valence-corrected chi connectivity index (χ3v) is 4.28. The first-order valence-electron chi connectivity index (χ1n) is 6.97. The van der Waals surface area contributed by atoms with Gasteiger partial charge in [0.1, 0.15) is 0 Å². The maximum Gasteiger partial charge on any atom is 0.417 e. The van der Waals surface area contributed by atoms with Crippen molar-refractivity contribution < 1.29 is 17.9 Å². The van der Waals surface area contributed by atoms with Crippen molar-refractivity contribution in [3.05, 3.63) is 29.3 Å². The minimum atomic E-state index is -4.50. The summed E-state index contributed by atoms with van der Waals surface area (Å²) in [6.07, 6.45) is -2.45. The monoisotopic (exact) mass is 296 g/mol. The summed E-state index contributed by atoms with van der Waals surface area (Å²) in [5, 5.41) is 8.83. The molecule has 0 radical (unpaired) electrons. The van der Waals surface area contributed by atoms with Gasteiger partial charge < -0.3 is 9.64 Å². The lowest BCUT2D eigenvalue weighted by atomic mass is 9.93. The van der Waals surface area contributed by atoms with Gasteiger partial charge in [-0.3, -0.25) is 0 Å². The van der Waals surface area contributed by atoms with Crippen LogP contribution in [0.1, 0.15) is 24.0 Å². The van der Waals surface area contributed by atoms with Gasteiger partial charge in [-0.2, -0.15) is 18.4 Å². The summed E-state index contributed by atoms with van der Waals surface area (Å²) in [4.78, 5) is 1.96. The Balaban J connectivity index is 1.88. The van der Waals surface area contributed by atoms with Crippen molar-refractivity contribution in [3.8, 4) is 6.07 Å². The van der Waals surface area contributed by atoms with E-state index in [4.69, 9.17) is 10.00 Å². The average molecular weight is 296 g/mol. The Labute approximate surface area is 120 Å². The predicted octanol–water partition coefficient (Wildman–Crippen LogP) is 3.19. The number of fused-ring (bicyclic) bond motifs is 1. The number of nitriles is 1. The number of rotatable bonds is 1. The molecule has 21 heavy (non-hydrogen) atoms. The highest BCUT2D eigenvalue weighted by molar-refractivity contribution is 5.55. The molecule has 0 aliphatic carbocycles. The van der Waals surface area contributed by atoms with Gasteiger partial charge in [0.25, 0.3) is 0 Å². The van der Waals surface area contributed by atoms with E-state index in [2.05, 4.69) is 0 Å². The molecule has 3 rings (SSSR count). The maximum atomic E-state index is 13.0. The van der Waals surface area contributed by atoms with Crippen LogP contribution in [0.4, 0.5) is 18.9 Å². The van der Waals surface area contributed by atoms with Gasteiger partial charge in [-0.05, 0) is 31.0 Å². The van der Waals surface area contributed by atoms with E-state index in [9.17, 15) is 13.2 Å². The molecule has 2 fully saturated rings. The summed E-state index contributed by atoms with van der Waals surface area (Å²) in [5.74, 6) is 0.392. The minimum Gasteiger partial charge on any atom is -0.378 e. The van der Waals surface area contributed by atoms with Gasteiger partial charge in [0.15, 0.2) is 0 Å². The first kappa shape index (κ1) is 14.2. The highest BCUT2D eigenvalue weighted by Gasteiger charge is 2.36. The molecule has 2 atom stereocenters. The van der Waals surface area contributed by atoms with Gasteiger partial charge in [0.2, 0.25) is 0 Å². The van der Waals surface area contributed by atoms with Crippen LogP contribution in [0, 0.1) is 17.2 Å². The van der Waals surface area contributed by atoms with Crippen LogP contribution in [-0.2, 0) is 10.9 Å². The van der Waals surface area contributed by atoms with Crippen LogP contribution in [0.5, 0.6) is 0 Å². The lowest BCUT2D eigenvalue weighted by molar-refractivity contribution is -0.137. The normalized spacial score (nSPS) is 25.5. The van der Waals surface area contributed by atoms with Crippen LogP contribution < -0.4 is 4.90 Å². The standard InChI is InChI=1S/C15H15F3N2O/c16-15(17,18)13-7-12(2-1-10(13)8-19)20-5-3-14-11(9-20)4-6-21-14/h1-2,7,11,14H,3-6,9H2/t11-,14+/m1/s1. The van der Waals surface area contributed by atoms with Gasteiger partial charge in [-0.15, -0.1) is 0 Å². The van der Waals surface area contributed by atoms with Gasteiger partial charge in [-0.1, -0.05) is 0 Å². The van der Waals surface area contributed by atoms with E-state index in [1.54, 1.807) is 12.1 Å². The van der Waals surface area contributed by atoms with Crippen molar-refractivity contribution >= 4 is 5.69 Å². The zero-order chi connectivity index (χ0) is 15.0. The van der Waals surface area contributed by atoms with Crippen LogP contribution in [0.15, 0.2) is 18.2 Å². The SMILES string of the molecule is N#Cc1ccc(N2CC[C@@H]3OCC[C@@H]3C2)cc1C(F)(F)F. The number of benzene rings is 1. The first-order chi connectivity index (χ1) is 9.99. The lowest BCUT2D eigenvalue weighted by Crippen LogP contribution is -2.41. The van der Waals surface area contributed by atoms with Gasteiger partial charge in [0.05, 0.1) is 23.3 Å². The van der Waals surface area contributed by atoms with Crippen LogP contribution >= 0.6 is 0 Å². The highest BCUT2D eigenvalue weighted by atomic mass is 19.4. The Morgan fingerprint density at radius 3 is 2.81 bits per heavy atom. The Bertz CT molecular complexity index is 579. The van der Waals surface area contributed by atoms with Crippen molar-refractivity contribution in [1.82, 2.24) is 0 Å². The fraction of sp³-hybridized carbons (Fsp3) is 0.533. The minimum absolute atomic E-state index is 0.252. The topological polar surface area (TPSA) is 36.3 Å². The second kappa shape index (κ2) is 5.23. The lowest BCUT2D eigenvalue weighted by Gasteiger charge is -2.36. The molecule has 0 aromatic heterocycles. The number of piperidine rings is 1. The zero-order valence-corrected chi connectivity index (χ0v) is 11.4. The molecule has 6 heteroatoms. The number of halogens is 3. The number of anilines is 1. The second-order valence-electron chi connectivity index (χ2n) is 5.53. The number of hydrogen-bond donors (Lipinski definition) is 0. The molecule has 0 spiro atoms. The van der Waals surface area contributed by atoms with Crippen molar-refractivity contribution in [2.24, 2.45) is 5.92 Å². The summed E-state index contributed by atoms with van der Waals surface area (Å²) in [5.41, 5.74) is -0.649. The first-order valence-corrected chi connectivity index (χ1v) is 6.97. The van der Waals surface area contributed by atoms with E-state index in [0.717, 1.165) is 25.5 Å². The fourth-order valence-corrected chi connectivity index (χ4v) is 3.17. The summed E-state index contributed by atoms with van der Waals surface area (Å²) in [6, 6.07) is 5.56. The number of nitrogens with zero attached hydrogens (tertiary/aromatic N) is 2. The molecule has 0 amide bonds. The molecule has 2 aliphatic heterocycles. The average Bonchev–Trinajstić information content (AvgIpc) is 2.93. The molecule has 1 aromatic carbocycles. The molecule has 0 saturated carbocycles. The van der Waals surface area contributed by atoms with Crippen LogP contribution in [0.25, 0.3) is 0 Å². The fourth-order valence-electron chi connectivity index (χ4n) is 3.17. The van der Waals surface area contributed by atoms with Gasteiger partial charge in [-0.25, -0.2) is 0 Å². The quantitative estimate of drug-likeness (QED) is 0.798. The smallest absolute Gasteiger partial charge is 0.378 e. The molecule has 0 bridgehead atoms. The molecule has 112 valence electrons. The summed E-state index contributed by atoms with van der Waals surface area (Å²) in [7, 11) is 0. The third kappa shape index (κ3) is 2.70. The Kier molecular flexibility index (Phi) is 3.54. The van der Waals surface area contributed by atoms with Crippen molar-refractivity contribution in [3.63, 3.8) is 0 Å². The third-order valence-electron chi connectivity index (χ3n) is 4.28. The zero-order valence-electron chi connectivity index (χ0n) is 11.4.